The number of carbonyl (C=O) groups excluding carboxylic acids is 1. The molecule has 6 nitrogen and oxygen atoms in total. The standard InChI is InChI=1S/C19H22N4O2/c24-19(22-15-5-3-7-20-11-15)14-10-18-17(6-9-25-18)23(12-14)13-16-4-1-2-8-21-16/h1-5,7-8,11,14,17-18H,6,9-10,12-13H2,(H,22,24)/t14-,17+,18+/m1/s1. The van der Waals surface area contributed by atoms with Crippen molar-refractivity contribution in [2.24, 2.45) is 5.92 Å². The molecule has 25 heavy (non-hydrogen) atoms. The quantitative estimate of drug-likeness (QED) is 0.925. The minimum atomic E-state index is -0.0942. The van der Waals surface area contributed by atoms with E-state index in [1.54, 1.807) is 12.4 Å². The van der Waals surface area contributed by atoms with Gasteiger partial charge in [-0.15, -0.1) is 0 Å². The summed E-state index contributed by atoms with van der Waals surface area (Å²) in [7, 11) is 0. The molecule has 0 radical (unpaired) electrons. The smallest absolute Gasteiger partial charge is 0.228 e. The van der Waals surface area contributed by atoms with Gasteiger partial charge in [-0.1, -0.05) is 6.07 Å². The highest BCUT2D eigenvalue weighted by atomic mass is 16.5. The van der Waals surface area contributed by atoms with E-state index in [0.29, 0.717) is 6.04 Å². The third-order valence-electron chi connectivity index (χ3n) is 5.01. The molecule has 130 valence electrons. The lowest BCUT2D eigenvalue weighted by Gasteiger charge is -2.40. The lowest BCUT2D eigenvalue weighted by atomic mass is 9.89. The average molecular weight is 338 g/mol. The Balaban J connectivity index is 1.47. The van der Waals surface area contributed by atoms with Gasteiger partial charge in [0, 0.05) is 38.1 Å². The summed E-state index contributed by atoms with van der Waals surface area (Å²) >= 11 is 0. The number of hydrogen-bond acceptors (Lipinski definition) is 5. The first kappa shape index (κ1) is 16.2. The molecule has 1 amide bonds. The maximum absolute atomic E-state index is 12.7. The summed E-state index contributed by atoms with van der Waals surface area (Å²) in [4.78, 5) is 23.6. The molecule has 0 spiro atoms. The van der Waals surface area contributed by atoms with Gasteiger partial charge in [0.2, 0.25) is 5.91 Å². The first-order chi connectivity index (χ1) is 12.3. The van der Waals surface area contributed by atoms with Gasteiger partial charge < -0.3 is 10.1 Å². The normalized spacial score (nSPS) is 26.2. The number of piperidine rings is 1. The van der Waals surface area contributed by atoms with Crippen LogP contribution in [-0.2, 0) is 16.1 Å². The van der Waals surface area contributed by atoms with Crippen LogP contribution < -0.4 is 5.32 Å². The summed E-state index contributed by atoms with van der Waals surface area (Å²) in [6.45, 7) is 2.25. The number of amides is 1. The lowest BCUT2D eigenvalue weighted by molar-refractivity contribution is -0.124. The summed E-state index contributed by atoms with van der Waals surface area (Å²) in [5.41, 5.74) is 1.76. The van der Waals surface area contributed by atoms with Crippen LogP contribution in [-0.4, -0.2) is 46.1 Å². The van der Waals surface area contributed by atoms with Crippen LogP contribution in [0.15, 0.2) is 48.9 Å². The minimum absolute atomic E-state index is 0.0352. The first-order valence-electron chi connectivity index (χ1n) is 8.76. The third kappa shape index (κ3) is 3.70. The van der Waals surface area contributed by atoms with E-state index >= 15 is 0 Å². The van der Waals surface area contributed by atoms with Crippen molar-refractivity contribution >= 4 is 11.6 Å². The molecule has 6 heteroatoms. The number of ether oxygens (including phenoxy) is 1. The summed E-state index contributed by atoms with van der Waals surface area (Å²) in [5.74, 6) is -0.0590. The second-order valence-corrected chi connectivity index (χ2v) is 6.68. The molecule has 3 atom stereocenters. The molecule has 2 aromatic heterocycles. The third-order valence-corrected chi connectivity index (χ3v) is 5.01. The van der Waals surface area contributed by atoms with Crippen LogP contribution in [0.3, 0.4) is 0 Å². The van der Waals surface area contributed by atoms with Gasteiger partial charge in [0.05, 0.1) is 29.6 Å². The number of nitrogens with one attached hydrogen (secondary N) is 1. The van der Waals surface area contributed by atoms with Crippen LogP contribution in [0, 0.1) is 5.92 Å². The fourth-order valence-electron chi connectivity index (χ4n) is 3.81. The van der Waals surface area contributed by atoms with Gasteiger partial charge in [0.1, 0.15) is 0 Å². The highest BCUT2D eigenvalue weighted by Gasteiger charge is 2.42. The molecule has 0 aliphatic carbocycles. The van der Waals surface area contributed by atoms with Crippen LogP contribution in [0.25, 0.3) is 0 Å². The van der Waals surface area contributed by atoms with Gasteiger partial charge >= 0.3 is 0 Å². The Kier molecular flexibility index (Phi) is 4.72. The molecule has 2 fully saturated rings. The van der Waals surface area contributed by atoms with Crippen LogP contribution >= 0.6 is 0 Å². The second-order valence-electron chi connectivity index (χ2n) is 6.68. The van der Waals surface area contributed by atoms with Crippen molar-refractivity contribution in [1.82, 2.24) is 14.9 Å². The highest BCUT2D eigenvalue weighted by molar-refractivity contribution is 5.92. The van der Waals surface area contributed by atoms with Crippen molar-refractivity contribution in [3.63, 3.8) is 0 Å². The average Bonchev–Trinajstić information content (AvgIpc) is 3.12. The van der Waals surface area contributed by atoms with Crippen molar-refractivity contribution in [2.75, 3.05) is 18.5 Å². The van der Waals surface area contributed by atoms with Crippen LogP contribution in [0.5, 0.6) is 0 Å². The zero-order valence-electron chi connectivity index (χ0n) is 14.0. The fourth-order valence-corrected chi connectivity index (χ4v) is 3.81. The van der Waals surface area contributed by atoms with Crippen molar-refractivity contribution in [2.45, 2.75) is 31.5 Å². The topological polar surface area (TPSA) is 67.3 Å². The van der Waals surface area contributed by atoms with Gasteiger partial charge in [-0.25, -0.2) is 0 Å². The molecular weight excluding hydrogens is 316 g/mol. The van der Waals surface area contributed by atoms with E-state index in [1.165, 1.54) is 0 Å². The summed E-state index contributed by atoms with van der Waals surface area (Å²) in [6, 6.07) is 10.0. The number of fused-ring (bicyclic) bond motifs is 1. The summed E-state index contributed by atoms with van der Waals surface area (Å²) in [6.07, 6.45) is 7.10. The molecule has 2 aliphatic rings. The predicted octanol–water partition coefficient (Wildman–Crippen LogP) is 2.09. The number of likely N-dealkylation sites (tertiary alicyclic amines) is 1. The molecule has 0 saturated carbocycles. The second kappa shape index (κ2) is 7.29. The van der Waals surface area contributed by atoms with E-state index in [0.717, 1.165) is 43.9 Å². The van der Waals surface area contributed by atoms with Gasteiger partial charge in [-0.05, 0) is 37.1 Å². The van der Waals surface area contributed by atoms with Crippen molar-refractivity contribution in [3.05, 3.63) is 54.6 Å². The number of aromatic nitrogens is 2. The highest BCUT2D eigenvalue weighted by Crippen LogP contribution is 2.32. The Morgan fingerprint density at radius 3 is 3.04 bits per heavy atom. The van der Waals surface area contributed by atoms with Gasteiger partial charge in [0.25, 0.3) is 0 Å². The maximum atomic E-state index is 12.7. The number of pyridine rings is 2. The Bertz CT molecular complexity index is 710. The Hall–Kier alpha value is -2.31. The summed E-state index contributed by atoms with van der Waals surface area (Å²) < 4.78 is 5.90. The molecule has 2 aromatic rings. The first-order valence-corrected chi connectivity index (χ1v) is 8.76. The van der Waals surface area contributed by atoms with E-state index in [4.69, 9.17) is 4.74 Å². The molecular formula is C19H22N4O2. The fraction of sp³-hybridized carbons (Fsp3) is 0.421. The van der Waals surface area contributed by atoms with Crippen LogP contribution in [0.2, 0.25) is 0 Å². The zero-order valence-corrected chi connectivity index (χ0v) is 14.0. The number of rotatable bonds is 4. The molecule has 2 saturated heterocycles. The van der Waals surface area contributed by atoms with Crippen LogP contribution in [0.4, 0.5) is 5.69 Å². The molecule has 4 rings (SSSR count). The largest absolute Gasteiger partial charge is 0.377 e. The molecule has 0 unspecified atom stereocenters. The van der Waals surface area contributed by atoms with E-state index in [2.05, 4.69) is 20.2 Å². The number of hydrogen-bond donors (Lipinski definition) is 1. The minimum Gasteiger partial charge on any atom is -0.377 e. The molecule has 4 heterocycles. The Labute approximate surface area is 147 Å². The van der Waals surface area contributed by atoms with E-state index in [9.17, 15) is 4.79 Å². The van der Waals surface area contributed by atoms with E-state index in [-0.39, 0.29) is 17.9 Å². The number of anilines is 1. The Morgan fingerprint density at radius 2 is 2.24 bits per heavy atom. The Morgan fingerprint density at radius 1 is 1.28 bits per heavy atom. The maximum Gasteiger partial charge on any atom is 0.228 e. The zero-order chi connectivity index (χ0) is 17.1. The number of nitrogens with zero attached hydrogens (tertiary/aromatic N) is 3. The van der Waals surface area contributed by atoms with Crippen molar-refractivity contribution < 1.29 is 9.53 Å². The molecule has 0 bridgehead atoms. The summed E-state index contributed by atoms with van der Waals surface area (Å²) in [5, 5.41) is 2.98. The van der Waals surface area contributed by atoms with E-state index in [1.807, 2.05) is 36.5 Å². The van der Waals surface area contributed by atoms with Gasteiger partial charge in [-0.2, -0.15) is 0 Å². The van der Waals surface area contributed by atoms with Crippen molar-refractivity contribution in [1.29, 1.82) is 0 Å². The molecule has 1 N–H and O–H groups in total. The van der Waals surface area contributed by atoms with Gasteiger partial charge in [-0.3, -0.25) is 19.7 Å². The van der Waals surface area contributed by atoms with Gasteiger partial charge in [0.15, 0.2) is 0 Å². The van der Waals surface area contributed by atoms with Crippen molar-refractivity contribution in [3.8, 4) is 0 Å². The number of carbonyl (C=O) groups is 1. The predicted molar refractivity (Wildman–Crippen MR) is 93.8 cm³/mol. The van der Waals surface area contributed by atoms with Crippen LogP contribution in [0.1, 0.15) is 18.5 Å². The molecule has 0 aromatic carbocycles. The monoisotopic (exact) mass is 338 g/mol. The SMILES string of the molecule is O=C(Nc1cccnc1)[C@@H]1C[C@@H]2OCC[C@@H]2N(Cc2ccccn2)C1. The lowest BCUT2D eigenvalue weighted by Crippen LogP contribution is -2.51. The molecule has 2 aliphatic heterocycles. The van der Waals surface area contributed by atoms with E-state index < -0.39 is 0 Å².